The zero-order valence-electron chi connectivity index (χ0n) is 19.8. The molecular weight excluding hydrogens is 442 g/mol. The number of carbonyl (C=O) groups is 1. The predicted octanol–water partition coefficient (Wildman–Crippen LogP) is 5.02. The van der Waals surface area contributed by atoms with E-state index in [9.17, 15) is 0 Å². The maximum atomic E-state index is 9.12. The van der Waals surface area contributed by atoms with Crippen molar-refractivity contribution in [2.24, 2.45) is 7.05 Å². The number of imidazole rings is 1. The third-order valence-electron chi connectivity index (χ3n) is 6.30. The number of rotatable bonds is 6. The second-order valence-electron chi connectivity index (χ2n) is 8.73. The zero-order chi connectivity index (χ0) is 24.6. The van der Waals surface area contributed by atoms with Gasteiger partial charge >= 0.3 is 0 Å². The van der Waals surface area contributed by atoms with Gasteiger partial charge in [-0.15, -0.1) is 0 Å². The number of ether oxygens (including phenoxy) is 1. The molecule has 2 aromatic carbocycles. The van der Waals surface area contributed by atoms with Crippen LogP contribution in [-0.2, 0) is 25.0 Å². The molecule has 1 aliphatic carbocycles. The molecule has 1 saturated carbocycles. The van der Waals surface area contributed by atoms with Gasteiger partial charge in [-0.2, -0.15) is 10.4 Å². The average Bonchev–Trinajstić information content (AvgIpc) is 3.47. The van der Waals surface area contributed by atoms with Crippen LogP contribution in [0.2, 0.25) is 0 Å². The van der Waals surface area contributed by atoms with Crippen molar-refractivity contribution in [1.82, 2.24) is 19.3 Å². The molecule has 8 nitrogen and oxygen atoms in total. The van der Waals surface area contributed by atoms with Crippen LogP contribution in [-0.4, -0.2) is 30.9 Å². The van der Waals surface area contributed by atoms with E-state index in [-0.39, 0.29) is 6.47 Å². The van der Waals surface area contributed by atoms with E-state index in [1.807, 2.05) is 49.6 Å². The van der Waals surface area contributed by atoms with Gasteiger partial charge in [-0.25, -0.2) is 4.98 Å². The number of hydrogen-bond donors (Lipinski definition) is 1. The highest BCUT2D eigenvalue weighted by Crippen LogP contribution is 2.35. The fourth-order valence-electron chi connectivity index (χ4n) is 4.61. The van der Waals surface area contributed by atoms with Gasteiger partial charge in [-0.05, 0) is 48.7 Å². The van der Waals surface area contributed by atoms with E-state index in [1.165, 1.54) is 43.5 Å². The quantitative estimate of drug-likeness (QED) is 0.396. The summed E-state index contributed by atoms with van der Waals surface area (Å²) in [6.07, 6.45) is 8.16. The van der Waals surface area contributed by atoms with E-state index in [0.717, 1.165) is 29.0 Å². The molecule has 0 atom stereocenters. The van der Waals surface area contributed by atoms with Gasteiger partial charge in [0.1, 0.15) is 18.2 Å². The Morgan fingerprint density at radius 2 is 1.89 bits per heavy atom. The van der Waals surface area contributed by atoms with Crippen molar-refractivity contribution < 1.29 is 14.6 Å². The first-order valence-electron chi connectivity index (χ1n) is 11.8. The second-order valence-corrected chi connectivity index (χ2v) is 8.73. The van der Waals surface area contributed by atoms with Gasteiger partial charge < -0.3 is 14.4 Å². The topological polar surface area (TPSA) is 106 Å². The third-order valence-corrected chi connectivity index (χ3v) is 6.30. The molecule has 1 fully saturated rings. The number of aryl methyl sites for hydroxylation is 1. The largest absolute Gasteiger partial charge is 0.487 e. The minimum absolute atomic E-state index is 0.250. The van der Waals surface area contributed by atoms with Crippen LogP contribution in [0.4, 0.5) is 0 Å². The lowest BCUT2D eigenvalue weighted by atomic mass is 9.88. The average molecular weight is 472 g/mol. The van der Waals surface area contributed by atoms with Gasteiger partial charge in [-0.3, -0.25) is 9.48 Å². The van der Waals surface area contributed by atoms with Gasteiger partial charge in [0.25, 0.3) is 6.47 Å². The normalized spacial score (nSPS) is 13.6. The molecule has 35 heavy (non-hydrogen) atoms. The van der Waals surface area contributed by atoms with Crippen LogP contribution in [0.5, 0.6) is 5.75 Å². The molecule has 0 bridgehead atoms. The summed E-state index contributed by atoms with van der Waals surface area (Å²) in [5.74, 6) is 2.48. The number of benzene rings is 2. The second kappa shape index (κ2) is 11.3. The lowest BCUT2D eigenvalue weighted by Crippen LogP contribution is -2.13. The molecule has 180 valence electrons. The van der Waals surface area contributed by atoms with Crippen molar-refractivity contribution >= 4 is 17.5 Å². The van der Waals surface area contributed by atoms with Gasteiger partial charge in [-0.1, -0.05) is 31.4 Å². The van der Waals surface area contributed by atoms with E-state index < -0.39 is 0 Å². The van der Waals surface area contributed by atoms with E-state index in [4.69, 9.17) is 24.9 Å². The SMILES string of the molecule is Cn1ccc(COc2ccc3nc(C4CCCCC4)n(Cc4ccc(C#N)cc4)c3c2)n1.O=CO. The monoisotopic (exact) mass is 471 g/mol. The van der Waals surface area contributed by atoms with Gasteiger partial charge in [0.05, 0.1) is 28.4 Å². The number of aromatic nitrogens is 4. The van der Waals surface area contributed by atoms with Crippen molar-refractivity contribution in [2.75, 3.05) is 0 Å². The number of carboxylic acid groups (broad SMARTS) is 1. The van der Waals surface area contributed by atoms with Crippen LogP contribution in [0.3, 0.4) is 0 Å². The summed E-state index contributed by atoms with van der Waals surface area (Å²) in [4.78, 5) is 13.4. The zero-order valence-corrected chi connectivity index (χ0v) is 19.8. The molecule has 5 rings (SSSR count). The Morgan fingerprint density at radius 1 is 1.14 bits per heavy atom. The molecular formula is C27H29N5O3. The van der Waals surface area contributed by atoms with Gasteiger partial charge in [0.2, 0.25) is 0 Å². The molecule has 2 aromatic heterocycles. The highest BCUT2D eigenvalue weighted by Gasteiger charge is 2.23. The Morgan fingerprint density at radius 3 is 2.54 bits per heavy atom. The first kappa shape index (κ1) is 24.0. The minimum Gasteiger partial charge on any atom is -0.487 e. The predicted molar refractivity (Wildman–Crippen MR) is 132 cm³/mol. The summed E-state index contributed by atoms with van der Waals surface area (Å²) < 4.78 is 10.2. The number of hydrogen-bond acceptors (Lipinski definition) is 5. The Balaban J connectivity index is 0.000000917. The van der Waals surface area contributed by atoms with Crippen molar-refractivity contribution in [3.63, 3.8) is 0 Å². The van der Waals surface area contributed by atoms with Crippen LogP contribution >= 0.6 is 0 Å². The Labute approximate surface area is 204 Å². The summed E-state index contributed by atoms with van der Waals surface area (Å²) in [7, 11) is 1.91. The van der Waals surface area contributed by atoms with E-state index in [1.54, 1.807) is 4.68 Å². The fraction of sp³-hybridized carbons (Fsp3) is 0.333. The van der Waals surface area contributed by atoms with Crippen molar-refractivity contribution in [2.45, 2.75) is 51.2 Å². The fourth-order valence-corrected chi connectivity index (χ4v) is 4.61. The van der Waals surface area contributed by atoms with Crippen LogP contribution in [0.25, 0.3) is 11.0 Å². The van der Waals surface area contributed by atoms with E-state index in [2.05, 4.69) is 27.9 Å². The third kappa shape index (κ3) is 5.87. The molecule has 0 spiro atoms. The van der Waals surface area contributed by atoms with Crippen molar-refractivity contribution in [1.29, 1.82) is 5.26 Å². The Hall–Kier alpha value is -4.12. The highest BCUT2D eigenvalue weighted by molar-refractivity contribution is 5.78. The molecule has 0 amide bonds. The molecule has 4 aromatic rings. The number of nitriles is 1. The molecule has 0 radical (unpaired) electrons. The van der Waals surface area contributed by atoms with Crippen LogP contribution in [0.15, 0.2) is 54.7 Å². The summed E-state index contributed by atoms with van der Waals surface area (Å²) in [6, 6.07) is 18.2. The Kier molecular flexibility index (Phi) is 7.78. The molecule has 0 aliphatic heterocycles. The molecule has 1 N–H and O–H groups in total. The smallest absolute Gasteiger partial charge is 0.290 e. The minimum atomic E-state index is -0.250. The molecule has 0 unspecified atom stereocenters. The van der Waals surface area contributed by atoms with Crippen molar-refractivity contribution in [3.8, 4) is 11.8 Å². The molecule has 0 saturated heterocycles. The first-order chi connectivity index (χ1) is 17.1. The highest BCUT2D eigenvalue weighted by atomic mass is 16.5. The Bertz CT molecular complexity index is 1310. The van der Waals surface area contributed by atoms with E-state index in [0.29, 0.717) is 18.1 Å². The van der Waals surface area contributed by atoms with Crippen LogP contribution < -0.4 is 4.74 Å². The summed E-state index contributed by atoms with van der Waals surface area (Å²) in [6.45, 7) is 0.920. The summed E-state index contributed by atoms with van der Waals surface area (Å²) >= 11 is 0. The van der Waals surface area contributed by atoms with Crippen molar-refractivity contribution in [3.05, 3.63) is 77.4 Å². The molecule has 1 aliphatic rings. The van der Waals surface area contributed by atoms with Crippen LogP contribution in [0.1, 0.15) is 60.7 Å². The number of fused-ring (bicyclic) bond motifs is 1. The van der Waals surface area contributed by atoms with Gasteiger partial charge in [0, 0.05) is 31.8 Å². The first-order valence-corrected chi connectivity index (χ1v) is 11.8. The standard InChI is InChI=1S/C26H27N5O.CH2O2/c1-30-14-13-22(29-30)18-32-23-11-12-24-25(15-23)31(17-20-9-7-19(16-27)8-10-20)26(28-24)21-5-3-2-4-6-21;2-1-3/h7-15,21H,2-6,17-18H2,1H3;1H,(H,2,3). The van der Waals surface area contributed by atoms with Gasteiger partial charge in [0.15, 0.2) is 0 Å². The lowest BCUT2D eigenvalue weighted by molar-refractivity contribution is -0.122. The lowest BCUT2D eigenvalue weighted by Gasteiger charge is -2.22. The maximum Gasteiger partial charge on any atom is 0.290 e. The maximum absolute atomic E-state index is 9.12. The summed E-state index contributed by atoms with van der Waals surface area (Å²) in [5, 5.41) is 20.4. The molecule has 2 heterocycles. The number of nitrogens with zero attached hydrogens (tertiary/aromatic N) is 5. The molecule has 8 heteroatoms. The van der Waals surface area contributed by atoms with Crippen LogP contribution in [0, 0.1) is 11.3 Å². The van der Waals surface area contributed by atoms with E-state index >= 15 is 0 Å². The summed E-state index contributed by atoms with van der Waals surface area (Å²) in [5.41, 5.74) is 4.85.